The largest absolute Gasteiger partial charge is 0.383 e. The Morgan fingerprint density at radius 1 is 1.17 bits per heavy atom. The van der Waals surface area contributed by atoms with Crippen molar-refractivity contribution in [3.63, 3.8) is 0 Å². The fourth-order valence-corrected chi connectivity index (χ4v) is 3.51. The lowest BCUT2D eigenvalue weighted by Gasteiger charge is -2.38. The van der Waals surface area contributed by atoms with E-state index in [2.05, 4.69) is 23.9 Å². The molecule has 6 heteroatoms. The maximum Gasteiger partial charge on any atom is 0.266 e. The summed E-state index contributed by atoms with van der Waals surface area (Å²) in [6.45, 7) is 14.8. The maximum atomic E-state index is 12.5. The van der Waals surface area contributed by atoms with Crippen LogP contribution < -0.4 is 5.73 Å². The van der Waals surface area contributed by atoms with Gasteiger partial charge in [0.05, 0.1) is 6.54 Å². The lowest BCUT2D eigenvalue weighted by molar-refractivity contribution is -0.146. The molecule has 6 nitrogen and oxygen atoms in total. The van der Waals surface area contributed by atoms with Gasteiger partial charge in [-0.25, -0.2) is 0 Å². The van der Waals surface area contributed by atoms with Crippen LogP contribution in [0.1, 0.15) is 67.7 Å². The first-order valence-electron chi connectivity index (χ1n) is 9.21. The third-order valence-electron chi connectivity index (χ3n) is 4.76. The quantitative estimate of drug-likeness (QED) is 0.439. The van der Waals surface area contributed by atoms with Crippen LogP contribution in [0.3, 0.4) is 0 Å². The van der Waals surface area contributed by atoms with E-state index in [9.17, 15) is 4.79 Å². The predicted octanol–water partition coefficient (Wildman–Crippen LogP) is 2.57. The van der Waals surface area contributed by atoms with E-state index in [4.69, 9.17) is 10.6 Å². The number of hydrogen-bond acceptors (Lipinski definition) is 4. The predicted molar refractivity (Wildman–Crippen MR) is 98.8 cm³/mol. The van der Waals surface area contributed by atoms with Gasteiger partial charge in [0.15, 0.2) is 5.84 Å². The van der Waals surface area contributed by atoms with Crippen LogP contribution in [0.5, 0.6) is 0 Å². The molecule has 0 aromatic heterocycles. The number of rotatable bonds is 7. The van der Waals surface area contributed by atoms with Gasteiger partial charge in [-0.3, -0.25) is 9.69 Å². The number of amidine groups is 1. The zero-order valence-corrected chi connectivity index (χ0v) is 16.5. The third kappa shape index (κ3) is 5.65. The molecule has 0 unspecified atom stereocenters. The van der Waals surface area contributed by atoms with Gasteiger partial charge >= 0.3 is 0 Å². The Hall–Kier alpha value is -1.30. The summed E-state index contributed by atoms with van der Waals surface area (Å²) in [5.41, 5.74) is 6.03. The van der Waals surface area contributed by atoms with Crippen molar-refractivity contribution in [3.05, 3.63) is 0 Å². The molecule has 0 bridgehead atoms. The minimum absolute atomic E-state index is 0.0590. The summed E-state index contributed by atoms with van der Waals surface area (Å²) in [6, 6.07) is 1.25. The van der Waals surface area contributed by atoms with E-state index in [0.717, 1.165) is 0 Å². The van der Waals surface area contributed by atoms with Crippen LogP contribution >= 0.6 is 0 Å². The van der Waals surface area contributed by atoms with E-state index in [0.29, 0.717) is 24.5 Å². The van der Waals surface area contributed by atoms with Gasteiger partial charge in [-0.1, -0.05) is 11.6 Å². The fraction of sp³-hybridized carbons (Fsp3) is 0.889. The van der Waals surface area contributed by atoms with Crippen molar-refractivity contribution in [2.75, 3.05) is 6.54 Å². The second kappa shape index (κ2) is 9.25. The van der Waals surface area contributed by atoms with E-state index in [1.807, 2.05) is 32.6 Å². The maximum absolute atomic E-state index is 12.5. The molecule has 1 saturated heterocycles. The van der Waals surface area contributed by atoms with Gasteiger partial charge in [-0.15, -0.1) is 0 Å². The Kier molecular flexibility index (Phi) is 8.00. The van der Waals surface area contributed by atoms with Crippen LogP contribution in [0.15, 0.2) is 5.16 Å². The Balaban J connectivity index is 2.61. The molecule has 3 atom stereocenters. The first kappa shape index (κ1) is 20.7. The van der Waals surface area contributed by atoms with Crippen LogP contribution in [0.4, 0.5) is 0 Å². The smallest absolute Gasteiger partial charge is 0.266 e. The van der Waals surface area contributed by atoms with Crippen LogP contribution in [0.2, 0.25) is 0 Å². The molecule has 1 heterocycles. The summed E-state index contributed by atoms with van der Waals surface area (Å²) in [4.78, 5) is 22.1. The number of carbonyl (C=O) groups is 1. The van der Waals surface area contributed by atoms with Crippen LogP contribution in [0.25, 0.3) is 0 Å². The van der Waals surface area contributed by atoms with Crippen molar-refractivity contribution in [2.45, 2.75) is 98.0 Å². The molecule has 1 fully saturated rings. The second-order valence-electron chi connectivity index (χ2n) is 7.56. The molecule has 1 rings (SSSR count). The highest BCUT2D eigenvalue weighted by atomic mass is 16.6. The Bertz CT molecular complexity index is 419. The van der Waals surface area contributed by atoms with Gasteiger partial charge in [-0.05, 0) is 61.3 Å². The minimum atomic E-state index is -0.635. The monoisotopic (exact) mass is 340 g/mol. The molecule has 1 aliphatic heterocycles. The summed E-state index contributed by atoms with van der Waals surface area (Å²) in [6.07, 6.45) is 3.00. The average Bonchev–Trinajstić information content (AvgIpc) is 2.47. The van der Waals surface area contributed by atoms with E-state index in [1.54, 1.807) is 6.92 Å². The van der Waals surface area contributed by atoms with Crippen molar-refractivity contribution in [2.24, 2.45) is 10.9 Å². The van der Waals surface area contributed by atoms with Gasteiger partial charge in [0.2, 0.25) is 6.10 Å². The van der Waals surface area contributed by atoms with Gasteiger partial charge < -0.3 is 15.5 Å². The Morgan fingerprint density at radius 2 is 1.67 bits per heavy atom. The molecule has 1 aliphatic rings. The molecular weight excluding hydrogens is 304 g/mol. The van der Waals surface area contributed by atoms with Crippen molar-refractivity contribution in [1.29, 1.82) is 0 Å². The summed E-state index contributed by atoms with van der Waals surface area (Å²) >= 11 is 0. The first-order valence-corrected chi connectivity index (χ1v) is 9.21. The number of likely N-dealkylation sites (tertiary alicyclic amines) is 1. The van der Waals surface area contributed by atoms with Crippen LogP contribution in [-0.2, 0) is 9.63 Å². The molecule has 0 aromatic carbocycles. The zero-order valence-electron chi connectivity index (χ0n) is 16.5. The SMILES string of the molecule is CC(C)N(C(=O)[C@H](C)O/N=C(/N)CN1[C@H](C)CCC[C@@H]1C)C(C)C. The lowest BCUT2D eigenvalue weighted by Crippen LogP contribution is -2.48. The van der Waals surface area contributed by atoms with Crippen molar-refractivity contribution in [3.8, 4) is 0 Å². The lowest BCUT2D eigenvalue weighted by atomic mass is 9.97. The number of hydrogen-bond donors (Lipinski definition) is 1. The van der Waals surface area contributed by atoms with Crippen molar-refractivity contribution in [1.82, 2.24) is 9.80 Å². The van der Waals surface area contributed by atoms with Gasteiger partial charge in [0.25, 0.3) is 5.91 Å². The highest BCUT2D eigenvalue weighted by Crippen LogP contribution is 2.21. The number of amides is 1. The van der Waals surface area contributed by atoms with Crippen LogP contribution in [-0.4, -0.2) is 58.4 Å². The zero-order chi connectivity index (χ0) is 18.4. The highest BCUT2D eigenvalue weighted by molar-refractivity contribution is 5.83. The molecule has 1 amide bonds. The number of oxime groups is 1. The normalized spacial score (nSPS) is 24.3. The molecule has 0 radical (unpaired) electrons. The molecule has 2 N–H and O–H groups in total. The van der Waals surface area contributed by atoms with Gasteiger partial charge in [0, 0.05) is 24.2 Å². The van der Waals surface area contributed by atoms with Crippen molar-refractivity contribution >= 4 is 11.7 Å². The first-order chi connectivity index (χ1) is 11.1. The van der Waals surface area contributed by atoms with Gasteiger partial charge in [-0.2, -0.15) is 0 Å². The topological polar surface area (TPSA) is 71.2 Å². The fourth-order valence-electron chi connectivity index (χ4n) is 3.51. The molecule has 0 aromatic rings. The van der Waals surface area contributed by atoms with E-state index >= 15 is 0 Å². The van der Waals surface area contributed by atoms with E-state index in [-0.39, 0.29) is 18.0 Å². The second-order valence-corrected chi connectivity index (χ2v) is 7.56. The number of nitrogens with two attached hydrogens (primary N) is 1. The molecule has 140 valence electrons. The number of carbonyl (C=O) groups excluding carboxylic acids is 1. The van der Waals surface area contributed by atoms with Crippen LogP contribution in [0, 0.1) is 0 Å². The Labute approximate surface area is 147 Å². The third-order valence-corrected chi connectivity index (χ3v) is 4.76. The number of piperidine rings is 1. The molecule has 24 heavy (non-hydrogen) atoms. The summed E-state index contributed by atoms with van der Waals surface area (Å²) < 4.78 is 0. The molecule has 0 spiro atoms. The molecule has 0 aliphatic carbocycles. The average molecular weight is 341 g/mol. The van der Waals surface area contributed by atoms with E-state index in [1.165, 1.54) is 19.3 Å². The van der Waals surface area contributed by atoms with Crippen molar-refractivity contribution < 1.29 is 9.63 Å². The molecule has 0 saturated carbocycles. The van der Waals surface area contributed by atoms with Gasteiger partial charge in [0.1, 0.15) is 0 Å². The number of nitrogens with zero attached hydrogens (tertiary/aromatic N) is 3. The van der Waals surface area contributed by atoms with E-state index < -0.39 is 6.10 Å². The minimum Gasteiger partial charge on any atom is -0.383 e. The highest BCUT2D eigenvalue weighted by Gasteiger charge is 2.27. The summed E-state index contributed by atoms with van der Waals surface area (Å²) in [5, 5.41) is 4.01. The molecular formula is C18H36N4O2. The Morgan fingerprint density at radius 3 is 2.12 bits per heavy atom. The summed E-state index contributed by atoms with van der Waals surface area (Å²) in [5.74, 6) is 0.368. The standard InChI is InChI=1S/C18H36N4O2/c1-12(2)22(13(3)4)18(23)16(7)24-20-17(19)11-21-14(5)9-8-10-15(21)6/h12-16H,8-11H2,1-7H3,(H2,19,20)/t14-,15+,16-/m0/s1. The summed E-state index contributed by atoms with van der Waals surface area (Å²) in [7, 11) is 0.